The maximum absolute atomic E-state index is 12.0. The van der Waals surface area contributed by atoms with E-state index in [0.29, 0.717) is 6.42 Å². The third-order valence-corrected chi connectivity index (χ3v) is 2.30. The summed E-state index contributed by atoms with van der Waals surface area (Å²) in [5.41, 5.74) is 5.22. The fourth-order valence-electron chi connectivity index (χ4n) is 1.46. The number of nitrogens with zero attached hydrogens (tertiary/aromatic N) is 1. The minimum atomic E-state index is -2.37. The van der Waals surface area contributed by atoms with E-state index >= 15 is 0 Å². The number of rotatable bonds is 4. The topological polar surface area (TPSA) is 29.3 Å². The molecule has 2 N–H and O–H groups in total. The molecule has 1 unspecified atom stereocenters. The van der Waals surface area contributed by atoms with Crippen molar-refractivity contribution >= 4 is 0 Å². The van der Waals surface area contributed by atoms with Crippen LogP contribution in [-0.4, -0.2) is 37.0 Å². The van der Waals surface area contributed by atoms with Crippen molar-refractivity contribution in [2.24, 2.45) is 5.73 Å². The fraction of sp³-hybridized carbons (Fsp3) is 1.00. The number of alkyl halides is 2. The van der Waals surface area contributed by atoms with E-state index in [0.717, 1.165) is 19.6 Å². The molecular weight excluding hydrogens is 162 g/mol. The van der Waals surface area contributed by atoms with Gasteiger partial charge in [-0.05, 0) is 38.9 Å². The molecule has 1 aliphatic heterocycles. The van der Waals surface area contributed by atoms with E-state index in [-0.39, 0.29) is 0 Å². The Morgan fingerprint density at radius 3 is 2.33 bits per heavy atom. The molecule has 1 saturated heterocycles. The summed E-state index contributed by atoms with van der Waals surface area (Å²) in [6.45, 7) is 2.83. The summed E-state index contributed by atoms with van der Waals surface area (Å²) < 4.78 is 23.9. The van der Waals surface area contributed by atoms with Gasteiger partial charge in [-0.15, -0.1) is 0 Å². The van der Waals surface area contributed by atoms with Crippen molar-refractivity contribution in [2.45, 2.75) is 31.7 Å². The summed E-state index contributed by atoms with van der Waals surface area (Å²) >= 11 is 0. The van der Waals surface area contributed by atoms with E-state index in [1.54, 1.807) is 0 Å². The zero-order chi connectivity index (χ0) is 8.97. The molecule has 72 valence electrons. The van der Waals surface area contributed by atoms with Crippen molar-refractivity contribution in [3.05, 3.63) is 0 Å². The summed E-state index contributed by atoms with van der Waals surface area (Å²) in [5, 5.41) is 0. The van der Waals surface area contributed by atoms with Gasteiger partial charge in [-0.1, -0.05) is 0 Å². The van der Waals surface area contributed by atoms with Crippen LogP contribution in [0.5, 0.6) is 0 Å². The Bertz CT molecular complexity index is 122. The lowest BCUT2D eigenvalue weighted by molar-refractivity contribution is 0.107. The van der Waals surface area contributed by atoms with Gasteiger partial charge in [0, 0.05) is 0 Å². The van der Waals surface area contributed by atoms with E-state index < -0.39 is 12.5 Å². The summed E-state index contributed by atoms with van der Waals surface area (Å²) in [6, 6.07) is -0.939. The van der Waals surface area contributed by atoms with Gasteiger partial charge in [-0.25, -0.2) is 8.78 Å². The second-order valence-corrected chi connectivity index (χ2v) is 3.34. The Labute approximate surface area is 71.7 Å². The van der Waals surface area contributed by atoms with Crippen molar-refractivity contribution in [1.29, 1.82) is 0 Å². The zero-order valence-electron chi connectivity index (χ0n) is 7.18. The first-order valence-corrected chi connectivity index (χ1v) is 4.46. The molecule has 0 saturated carbocycles. The predicted octanol–water partition coefficient (Wildman–Crippen LogP) is 1.06. The summed E-state index contributed by atoms with van der Waals surface area (Å²) in [7, 11) is 0. The van der Waals surface area contributed by atoms with Gasteiger partial charge in [0.2, 0.25) is 0 Å². The van der Waals surface area contributed by atoms with E-state index in [4.69, 9.17) is 5.73 Å². The molecule has 4 heteroatoms. The molecule has 0 radical (unpaired) electrons. The predicted molar refractivity (Wildman–Crippen MR) is 44.3 cm³/mol. The maximum atomic E-state index is 12.0. The summed E-state index contributed by atoms with van der Waals surface area (Å²) in [5.74, 6) is 0. The van der Waals surface area contributed by atoms with E-state index in [2.05, 4.69) is 4.90 Å². The van der Waals surface area contributed by atoms with Gasteiger partial charge in [0.05, 0.1) is 6.04 Å². The van der Waals surface area contributed by atoms with Crippen molar-refractivity contribution in [2.75, 3.05) is 19.6 Å². The quantitative estimate of drug-likeness (QED) is 0.697. The van der Waals surface area contributed by atoms with Crippen LogP contribution < -0.4 is 5.73 Å². The molecular formula is C8H16F2N2. The Morgan fingerprint density at radius 2 is 1.83 bits per heavy atom. The van der Waals surface area contributed by atoms with Crippen molar-refractivity contribution < 1.29 is 8.78 Å². The van der Waals surface area contributed by atoms with Gasteiger partial charge in [-0.2, -0.15) is 0 Å². The van der Waals surface area contributed by atoms with Gasteiger partial charge in [-0.3, -0.25) is 0 Å². The van der Waals surface area contributed by atoms with Crippen LogP contribution in [0.25, 0.3) is 0 Å². The number of nitrogens with two attached hydrogens (primary N) is 1. The van der Waals surface area contributed by atoms with Gasteiger partial charge in [0.1, 0.15) is 0 Å². The minimum Gasteiger partial charge on any atom is -0.323 e. The van der Waals surface area contributed by atoms with Crippen molar-refractivity contribution in [3.8, 4) is 0 Å². The lowest BCUT2D eigenvalue weighted by atomic mass is 10.2. The molecule has 0 bridgehead atoms. The summed E-state index contributed by atoms with van der Waals surface area (Å²) in [6.07, 6.45) is 0.443. The second kappa shape index (κ2) is 4.72. The molecule has 0 aliphatic carbocycles. The second-order valence-electron chi connectivity index (χ2n) is 3.34. The van der Waals surface area contributed by atoms with Crippen LogP contribution in [0.3, 0.4) is 0 Å². The first-order chi connectivity index (χ1) is 5.70. The average molecular weight is 178 g/mol. The molecule has 0 aromatic rings. The highest BCUT2D eigenvalue weighted by Crippen LogP contribution is 2.09. The molecule has 1 heterocycles. The molecule has 0 aromatic carbocycles. The van der Waals surface area contributed by atoms with Crippen LogP contribution in [0.15, 0.2) is 0 Å². The van der Waals surface area contributed by atoms with Gasteiger partial charge in [0.15, 0.2) is 0 Å². The number of halogens is 2. The Kier molecular flexibility index (Phi) is 3.88. The largest absolute Gasteiger partial charge is 0.323 e. The molecule has 1 aliphatic rings. The molecule has 1 atom stereocenters. The van der Waals surface area contributed by atoms with Crippen LogP contribution in [-0.2, 0) is 0 Å². The smallest absolute Gasteiger partial charge is 0.253 e. The SMILES string of the molecule is NC(CCN1CCCC1)C(F)F. The monoisotopic (exact) mass is 178 g/mol. The highest BCUT2D eigenvalue weighted by atomic mass is 19.3. The molecule has 0 aromatic heterocycles. The van der Waals surface area contributed by atoms with Gasteiger partial charge >= 0.3 is 0 Å². The van der Waals surface area contributed by atoms with E-state index in [9.17, 15) is 8.78 Å². The fourth-order valence-corrected chi connectivity index (χ4v) is 1.46. The third-order valence-electron chi connectivity index (χ3n) is 2.30. The standard InChI is InChI=1S/C8H16F2N2/c9-8(10)7(11)3-6-12-4-1-2-5-12/h7-8H,1-6,11H2. The van der Waals surface area contributed by atoms with E-state index in [1.807, 2.05) is 0 Å². The maximum Gasteiger partial charge on any atom is 0.253 e. The molecule has 0 amide bonds. The highest BCUT2D eigenvalue weighted by Gasteiger charge is 2.17. The first-order valence-electron chi connectivity index (χ1n) is 4.46. The first kappa shape index (κ1) is 9.86. The minimum absolute atomic E-state index is 0.414. The molecule has 0 spiro atoms. The van der Waals surface area contributed by atoms with E-state index in [1.165, 1.54) is 12.8 Å². The molecule has 12 heavy (non-hydrogen) atoms. The molecule has 1 rings (SSSR count). The van der Waals surface area contributed by atoms with Crippen LogP contribution in [0, 0.1) is 0 Å². The van der Waals surface area contributed by atoms with Gasteiger partial charge in [0.25, 0.3) is 6.43 Å². The zero-order valence-corrected chi connectivity index (χ0v) is 7.18. The lowest BCUT2D eigenvalue weighted by Gasteiger charge is -2.17. The lowest BCUT2D eigenvalue weighted by Crippen LogP contribution is -2.33. The molecule has 2 nitrogen and oxygen atoms in total. The highest BCUT2D eigenvalue weighted by molar-refractivity contribution is 4.70. The summed E-state index contributed by atoms with van der Waals surface area (Å²) in [4.78, 5) is 2.20. The number of hydrogen-bond donors (Lipinski definition) is 1. The Hall–Kier alpha value is -0.220. The van der Waals surface area contributed by atoms with Crippen LogP contribution in [0.2, 0.25) is 0 Å². The van der Waals surface area contributed by atoms with Crippen molar-refractivity contribution in [3.63, 3.8) is 0 Å². The van der Waals surface area contributed by atoms with Crippen LogP contribution >= 0.6 is 0 Å². The third kappa shape index (κ3) is 3.03. The Morgan fingerprint density at radius 1 is 1.25 bits per heavy atom. The Balaban J connectivity index is 2.07. The number of likely N-dealkylation sites (tertiary alicyclic amines) is 1. The average Bonchev–Trinajstić information content (AvgIpc) is 2.51. The van der Waals surface area contributed by atoms with Crippen molar-refractivity contribution in [1.82, 2.24) is 4.90 Å². The van der Waals surface area contributed by atoms with Gasteiger partial charge < -0.3 is 10.6 Å². The number of hydrogen-bond acceptors (Lipinski definition) is 2. The molecule has 1 fully saturated rings. The van der Waals surface area contributed by atoms with Crippen LogP contribution in [0.4, 0.5) is 8.78 Å². The normalized spacial score (nSPS) is 22.0. The van der Waals surface area contributed by atoms with Crippen LogP contribution in [0.1, 0.15) is 19.3 Å².